The van der Waals surface area contributed by atoms with Crippen molar-refractivity contribution < 1.29 is 0 Å². The van der Waals surface area contributed by atoms with E-state index in [2.05, 4.69) is 29.9 Å². The van der Waals surface area contributed by atoms with E-state index in [9.17, 15) is 4.79 Å². The van der Waals surface area contributed by atoms with E-state index in [1.165, 1.54) is 18.4 Å². The summed E-state index contributed by atoms with van der Waals surface area (Å²) in [6.45, 7) is 3.97. The number of likely N-dealkylation sites (N-methyl/N-ethyl adjacent to an activating group) is 1. The fourth-order valence-electron chi connectivity index (χ4n) is 3.43. The van der Waals surface area contributed by atoms with Crippen molar-refractivity contribution in [1.29, 1.82) is 0 Å². The quantitative estimate of drug-likeness (QED) is 0.901. The van der Waals surface area contributed by atoms with Crippen molar-refractivity contribution in [3.05, 3.63) is 56.8 Å². The SMILES string of the molecule is CCCCC1CN(C)Cc2c1cc(-c1ccc(Cl)cc1)[nH]c2=O. The molecule has 2 heterocycles. The Kier molecular flexibility index (Phi) is 4.88. The van der Waals surface area contributed by atoms with Gasteiger partial charge >= 0.3 is 0 Å². The summed E-state index contributed by atoms with van der Waals surface area (Å²) in [4.78, 5) is 17.9. The van der Waals surface area contributed by atoms with Gasteiger partial charge in [-0.1, -0.05) is 43.5 Å². The van der Waals surface area contributed by atoms with Crippen LogP contribution in [-0.4, -0.2) is 23.5 Å². The number of nitrogens with one attached hydrogen (secondary N) is 1. The molecule has 0 saturated heterocycles. The van der Waals surface area contributed by atoms with Crippen molar-refractivity contribution in [1.82, 2.24) is 9.88 Å². The minimum absolute atomic E-state index is 0.0421. The summed E-state index contributed by atoms with van der Waals surface area (Å²) in [6.07, 6.45) is 3.52. The lowest BCUT2D eigenvalue weighted by molar-refractivity contribution is 0.271. The molecule has 1 unspecified atom stereocenters. The molecule has 1 atom stereocenters. The zero-order chi connectivity index (χ0) is 16.4. The number of hydrogen-bond donors (Lipinski definition) is 1. The van der Waals surface area contributed by atoms with Gasteiger partial charge in [0.25, 0.3) is 5.56 Å². The van der Waals surface area contributed by atoms with Crippen LogP contribution in [0.3, 0.4) is 0 Å². The lowest BCUT2D eigenvalue weighted by Gasteiger charge is -2.32. The molecule has 122 valence electrons. The highest BCUT2D eigenvalue weighted by molar-refractivity contribution is 6.30. The first-order valence-electron chi connectivity index (χ1n) is 8.29. The molecule has 0 amide bonds. The van der Waals surface area contributed by atoms with Crippen LogP contribution in [0.1, 0.15) is 43.2 Å². The van der Waals surface area contributed by atoms with E-state index in [0.29, 0.717) is 10.9 Å². The van der Waals surface area contributed by atoms with Crippen LogP contribution in [0.25, 0.3) is 11.3 Å². The summed E-state index contributed by atoms with van der Waals surface area (Å²) < 4.78 is 0. The molecule has 0 aliphatic carbocycles. The summed E-state index contributed by atoms with van der Waals surface area (Å²) in [5.41, 5.74) is 4.09. The van der Waals surface area contributed by atoms with E-state index < -0.39 is 0 Å². The van der Waals surface area contributed by atoms with Gasteiger partial charge < -0.3 is 9.88 Å². The van der Waals surface area contributed by atoms with Gasteiger partial charge in [-0.05, 0) is 48.7 Å². The van der Waals surface area contributed by atoms with E-state index in [1.54, 1.807) is 0 Å². The Morgan fingerprint density at radius 2 is 2.04 bits per heavy atom. The van der Waals surface area contributed by atoms with Gasteiger partial charge in [0.15, 0.2) is 0 Å². The van der Waals surface area contributed by atoms with Crippen molar-refractivity contribution >= 4 is 11.6 Å². The Hall–Kier alpha value is -1.58. The number of aromatic nitrogens is 1. The molecular weight excluding hydrogens is 308 g/mol. The smallest absolute Gasteiger partial charge is 0.253 e. The zero-order valence-electron chi connectivity index (χ0n) is 13.7. The van der Waals surface area contributed by atoms with Gasteiger partial charge in [0, 0.05) is 29.4 Å². The third kappa shape index (κ3) is 3.51. The lowest BCUT2D eigenvalue weighted by atomic mass is 9.86. The van der Waals surface area contributed by atoms with Crippen LogP contribution in [0.2, 0.25) is 5.02 Å². The van der Waals surface area contributed by atoms with Gasteiger partial charge in [0.05, 0.1) is 0 Å². The van der Waals surface area contributed by atoms with Crippen molar-refractivity contribution in [3.8, 4) is 11.3 Å². The summed E-state index contributed by atoms with van der Waals surface area (Å²) >= 11 is 5.96. The Balaban J connectivity index is 2.04. The summed E-state index contributed by atoms with van der Waals surface area (Å²) in [6, 6.07) is 9.80. The number of H-pyrrole nitrogens is 1. The van der Waals surface area contributed by atoms with E-state index >= 15 is 0 Å². The van der Waals surface area contributed by atoms with Gasteiger partial charge in [0.1, 0.15) is 0 Å². The number of aromatic amines is 1. The Morgan fingerprint density at radius 3 is 2.74 bits per heavy atom. The van der Waals surface area contributed by atoms with Gasteiger partial charge in [-0.25, -0.2) is 0 Å². The van der Waals surface area contributed by atoms with E-state index in [1.807, 2.05) is 24.3 Å². The number of pyridine rings is 1. The van der Waals surface area contributed by atoms with Gasteiger partial charge in [0.2, 0.25) is 0 Å². The van der Waals surface area contributed by atoms with E-state index in [4.69, 9.17) is 11.6 Å². The first-order chi connectivity index (χ1) is 11.1. The molecule has 0 bridgehead atoms. The first-order valence-corrected chi connectivity index (χ1v) is 8.67. The number of unbranched alkanes of at least 4 members (excludes halogenated alkanes) is 1. The number of halogens is 1. The standard InChI is InChI=1S/C19H23ClN2O/c1-3-4-5-14-11-22(2)12-17-16(14)10-18(21-19(17)23)13-6-8-15(20)9-7-13/h6-10,14H,3-5,11-12H2,1-2H3,(H,21,23). The largest absolute Gasteiger partial charge is 0.322 e. The number of benzene rings is 1. The van der Waals surface area contributed by atoms with Crippen LogP contribution in [0.15, 0.2) is 35.1 Å². The average Bonchev–Trinajstić information content (AvgIpc) is 2.54. The monoisotopic (exact) mass is 330 g/mol. The molecule has 3 rings (SSSR count). The zero-order valence-corrected chi connectivity index (χ0v) is 14.5. The molecule has 1 aliphatic heterocycles. The second-order valence-corrected chi connectivity index (χ2v) is 6.93. The molecule has 2 aromatic rings. The van der Waals surface area contributed by atoms with Gasteiger partial charge in [-0.2, -0.15) is 0 Å². The summed E-state index contributed by atoms with van der Waals surface area (Å²) in [5, 5.41) is 0.705. The third-order valence-electron chi connectivity index (χ3n) is 4.63. The molecular formula is C19H23ClN2O. The minimum Gasteiger partial charge on any atom is -0.322 e. The van der Waals surface area contributed by atoms with Crippen LogP contribution in [0.4, 0.5) is 0 Å². The van der Waals surface area contributed by atoms with Crippen molar-refractivity contribution in [2.75, 3.05) is 13.6 Å². The van der Waals surface area contributed by atoms with Crippen LogP contribution in [-0.2, 0) is 6.54 Å². The minimum atomic E-state index is 0.0421. The Labute approximate surface area is 142 Å². The van der Waals surface area contributed by atoms with Crippen molar-refractivity contribution in [2.45, 2.75) is 38.6 Å². The normalized spacial score (nSPS) is 18.0. The molecule has 23 heavy (non-hydrogen) atoms. The maximum atomic E-state index is 12.6. The fourth-order valence-corrected chi connectivity index (χ4v) is 3.55. The molecule has 0 spiro atoms. The van der Waals surface area contributed by atoms with Gasteiger partial charge in [-0.3, -0.25) is 4.79 Å². The van der Waals surface area contributed by atoms with Crippen molar-refractivity contribution in [3.63, 3.8) is 0 Å². The molecule has 1 aromatic carbocycles. The molecule has 1 aliphatic rings. The molecule has 0 radical (unpaired) electrons. The highest BCUT2D eigenvalue weighted by atomic mass is 35.5. The van der Waals surface area contributed by atoms with E-state index in [-0.39, 0.29) is 5.56 Å². The number of rotatable bonds is 4. The molecule has 1 aromatic heterocycles. The van der Waals surface area contributed by atoms with Crippen molar-refractivity contribution in [2.24, 2.45) is 0 Å². The molecule has 0 saturated carbocycles. The van der Waals surface area contributed by atoms with Crippen LogP contribution in [0, 0.1) is 0 Å². The third-order valence-corrected chi connectivity index (χ3v) is 4.88. The lowest BCUT2D eigenvalue weighted by Crippen LogP contribution is -2.35. The second-order valence-electron chi connectivity index (χ2n) is 6.49. The Morgan fingerprint density at radius 1 is 1.30 bits per heavy atom. The predicted octanol–water partition coefficient (Wildman–Crippen LogP) is 4.41. The molecule has 3 nitrogen and oxygen atoms in total. The fraction of sp³-hybridized carbons (Fsp3) is 0.421. The number of fused-ring (bicyclic) bond motifs is 1. The average molecular weight is 331 g/mol. The number of hydrogen-bond acceptors (Lipinski definition) is 2. The predicted molar refractivity (Wildman–Crippen MR) is 96.1 cm³/mol. The van der Waals surface area contributed by atoms with E-state index in [0.717, 1.165) is 36.3 Å². The molecule has 1 N–H and O–H groups in total. The maximum Gasteiger partial charge on any atom is 0.253 e. The van der Waals surface area contributed by atoms with Crippen LogP contribution >= 0.6 is 11.6 Å². The van der Waals surface area contributed by atoms with Gasteiger partial charge in [-0.15, -0.1) is 0 Å². The number of nitrogens with zero attached hydrogens (tertiary/aromatic N) is 1. The molecule has 0 fully saturated rings. The van der Waals surface area contributed by atoms with Crippen LogP contribution in [0.5, 0.6) is 0 Å². The Bertz CT molecular complexity index is 736. The second kappa shape index (κ2) is 6.90. The van der Waals surface area contributed by atoms with Crippen LogP contribution < -0.4 is 5.56 Å². The summed E-state index contributed by atoms with van der Waals surface area (Å²) in [5.74, 6) is 0.442. The first kappa shape index (κ1) is 16.3. The molecule has 4 heteroatoms. The highest BCUT2D eigenvalue weighted by Gasteiger charge is 2.25. The summed E-state index contributed by atoms with van der Waals surface area (Å²) in [7, 11) is 2.09. The maximum absolute atomic E-state index is 12.6. The topological polar surface area (TPSA) is 36.1 Å². The highest BCUT2D eigenvalue weighted by Crippen LogP contribution is 2.32.